The molecule has 4 nitrogen and oxygen atoms in total. The summed E-state index contributed by atoms with van der Waals surface area (Å²) in [7, 11) is 0. The van der Waals surface area contributed by atoms with Crippen LogP contribution in [0.2, 0.25) is 0 Å². The normalized spacial score (nSPS) is 22.9. The number of nitrogens with zero attached hydrogens (tertiary/aromatic N) is 1. The van der Waals surface area contributed by atoms with Gasteiger partial charge in [-0.2, -0.15) is 5.10 Å². The fraction of sp³-hybridized carbons (Fsp3) is 0.438. The van der Waals surface area contributed by atoms with Crippen molar-refractivity contribution in [2.75, 3.05) is 0 Å². The van der Waals surface area contributed by atoms with E-state index in [2.05, 4.69) is 39.8 Å². The van der Waals surface area contributed by atoms with Crippen molar-refractivity contribution in [2.24, 2.45) is 5.73 Å². The van der Waals surface area contributed by atoms with Gasteiger partial charge in [0.05, 0.1) is 5.69 Å². The lowest BCUT2D eigenvalue weighted by atomic mass is 9.91. The zero-order chi connectivity index (χ0) is 13.8. The molecule has 106 valence electrons. The third-order valence-corrected chi connectivity index (χ3v) is 4.08. The zero-order valence-electron chi connectivity index (χ0n) is 11.7. The molecule has 1 aromatic heterocycles. The fourth-order valence-electron chi connectivity index (χ4n) is 2.89. The summed E-state index contributed by atoms with van der Waals surface area (Å²) in [6.07, 6.45) is 6.55. The summed E-state index contributed by atoms with van der Waals surface area (Å²) in [4.78, 5) is 0. The van der Waals surface area contributed by atoms with Gasteiger partial charge in [0.1, 0.15) is 0 Å². The number of hydrogen-bond acceptors (Lipinski definition) is 3. The molecule has 4 N–H and O–H groups in total. The van der Waals surface area contributed by atoms with Crippen LogP contribution in [-0.4, -0.2) is 22.3 Å². The topological polar surface area (TPSA) is 66.7 Å². The lowest BCUT2D eigenvalue weighted by Gasteiger charge is -2.27. The molecule has 0 aliphatic heterocycles. The van der Waals surface area contributed by atoms with Gasteiger partial charge in [-0.25, -0.2) is 0 Å². The van der Waals surface area contributed by atoms with Crippen LogP contribution < -0.4 is 11.1 Å². The largest absolute Gasteiger partial charge is 0.328 e. The van der Waals surface area contributed by atoms with Gasteiger partial charge in [-0.05, 0) is 36.5 Å². The van der Waals surface area contributed by atoms with Crippen molar-refractivity contribution in [1.82, 2.24) is 15.5 Å². The lowest BCUT2D eigenvalue weighted by molar-refractivity contribution is 0.338. The number of hydrogen-bond donors (Lipinski definition) is 3. The lowest BCUT2D eigenvalue weighted by Crippen LogP contribution is -2.39. The predicted octanol–water partition coefficient (Wildman–Crippen LogP) is 2.44. The molecule has 2 unspecified atom stereocenters. The van der Waals surface area contributed by atoms with Crippen LogP contribution in [0.3, 0.4) is 0 Å². The monoisotopic (exact) mass is 270 g/mol. The molecule has 1 aromatic carbocycles. The quantitative estimate of drug-likeness (QED) is 0.799. The van der Waals surface area contributed by atoms with E-state index in [-0.39, 0.29) is 0 Å². The maximum Gasteiger partial charge on any atom is 0.0650 e. The molecule has 20 heavy (non-hydrogen) atoms. The summed E-state index contributed by atoms with van der Waals surface area (Å²) in [6.45, 7) is 0.917. The highest BCUT2D eigenvalue weighted by atomic mass is 15.1. The van der Waals surface area contributed by atoms with E-state index in [4.69, 9.17) is 5.73 Å². The Labute approximate surface area is 119 Å². The molecule has 1 aliphatic rings. The summed E-state index contributed by atoms with van der Waals surface area (Å²) >= 11 is 0. The Bertz CT molecular complexity index is 518. The summed E-state index contributed by atoms with van der Waals surface area (Å²) in [5.41, 5.74) is 9.56. The highest BCUT2D eigenvalue weighted by Crippen LogP contribution is 2.19. The number of aromatic amines is 1. The van der Waals surface area contributed by atoms with Gasteiger partial charge in [0.25, 0.3) is 0 Å². The van der Waals surface area contributed by atoms with Crippen LogP contribution in [0.4, 0.5) is 0 Å². The first-order valence-corrected chi connectivity index (χ1v) is 7.39. The first-order chi connectivity index (χ1) is 9.81. The van der Waals surface area contributed by atoms with E-state index in [9.17, 15) is 0 Å². The maximum absolute atomic E-state index is 6.02. The van der Waals surface area contributed by atoms with Gasteiger partial charge in [0.15, 0.2) is 0 Å². The van der Waals surface area contributed by atoms with E-state index in [1.165, 1.54) is 30.4 Å². The second-order valence-corrected chi connectivity index (χ2v) is 5.67. The minimum absolute atomic E-state index is 0.379. The first kappa shape index (κ1) is 13.3. The molecule has 3 rings (SSSR count). The van der Waals surface area contributed by atoms with Gasteiger partial charge in [0, 0.05) is 24.8 Å². The number of nitrogens with one attached hydrogen (secondary N) is 2. The average molecular weight is 270 g/mol. The summed E-state index contributed by atoms with van der Waals surface area (Å²) in [5.74, 6) is 0. The highest BCUT2D eigenvalue weighted by Gasteiger charge is 2.18. The number of benzene rings is 1. The second-order valence-electron chi connectivity index (χ2n) is 5.67. The minimum atomic E-state index is 0.379. The molecule has 0 radical (unpaired) electrons. The van der Waals surface area contributed by atoms with E-state index in [1.54, 1.807) is 6.20 Å². The molecule has 2 atom stereocenters. The number of H-pyrrole nitrogens is 1. The van der Waals surface area contributed by atoms with E-state index < -0.39 is 0 Å². The molecular weight excluding hydrogens is 248 g/mol. The molecular formula is C16H22N4. The van der Waals surface area contributed by atoms with Gasteiger partial charge in [-0.3, -0.25) is 5.10 Å². The molecule has 1 aliphatic carbocycles. The van der Waals surface area contributed by atoms with Crippen LogP contribution in [0.25, 0.3) is 11.3 Å². The number of aromatic nitrogens is 2. The molecule has 2 aromatic rings. The van der Waals surface area contributed by atoms with Crippen molar-refractivity contribution in [3.05, 3.63) is 42.1 Å². The Balaban J connectivity index is 1.56. The molecule has 0 bridgehead atoms. The summed E-state index contributed by atoms with van der Waals surface area (Å²) < 4.78 is 0. The Kier molecular flexibility index (Phi) is 4.14. The SMILES string of the molecule is NC1CCCC(NCc2ccc(-c3ccn[nH]3)cc2)C1. The molecule has 0 spiro atoms. The number of nitrogens with two attached hydrogens (primary N) is 1. The maximum atomic E-state index is 6.02. The van der Waals surface area contributed by atoms with Crippen LogP contribution in [-0.2, 0) is 6.54 Å². The Morgan fingerprint density at radius 3 is 2.75 bits per heavy atom. The molecule has 0 saturated heterocycles. The van der Waals surface area contributed by atoms with E-state index >= 15 is 0 Å². The summed E-state index contributed by atoms with van der Waals surface area (Å²) in [6, 6.07) is 11.6. The van der Waals surface area contributed by atoms with Gasteiger partial charge >= 0.3 is 0 Å². The third-order valence-electron chi connectivity index (χ3n) is 4.08. The van der Waals surface area contributed by atoms with Crippen molar-refractivity contribution < 1.29 is 0 Å². The number of rotatable bonds is 4. The van der Waals surface area contributed by atoms with E-state index in [1.807, 2.05) is 6.07 Å². The van der Waals surface area contributed by atoms with Crippen molar-refractivity contribution in [1.29, 1.82) is 0 Å². The Hall–Kier alpha value is -1.65. The first-order valence-electron chi connectivity index (χ1n) is 7.39. The molecule has 1 heterocycles. The van der Waals surface area contributed by atoms with Crippen LogP contribution in [0, 0.1) is 0 Å². The zero-order valence-corrected chi connectivity index (χ0v) is 11.7. The van der Waals surface area contributed by atoms with Gasteiger partial charge < -0.3 is 11.1 Å². The van der Waals surface area contributed by atoms with E-state index in [0.717, 1.165) is 18.7 Å². The average Bonchev–Trinajstić information content (AvgIpc) is 3.00. The highest BCUT2D eigenvalue weighted by molar-refractivity contribution is 5.58. The standard InChI is InChI=1S/C16H22N4/c17-14-2-1-3-15(10-14)18-11-12-4-6-13(7-5-12)16-8-9-19-20-16/h4-9,14-15,18H,1-3,10-11,17H2,(H,19,20). The van der Waals surface area contributed by atoms with Crippen LogP contribution in [0.1, 0.15) is 31.2 Å². The van der Waals surface area contributed by atoms with Crippen LogP contribution >= 0.6 is 0 Å². The molecule has 1 saturated carbocycles. The third kappa shape index (κ3) is 3.26. The van der Waals surface area contributed by atoms with Crippen molar-refractivity contribution in [3.8, 4) is 11.3 Å². The molecule has 0 amide bonds. The Morgan fingerprint density at radius 2 is 2.05 bits per heavy atom. The van der Waals surface area contributed by atoms with E-state index in [0.29, 0.717) is 12.1 Å². The minimum Gasteiger partial charge on any atom is -0.328 e. The molecule has 1 fully saturated rings. The molecule has 4 heteroatoms. The van der Waals surface area contributed by atoms with Gasteiger partial charge in [-0.15, -0.1) is 0 Å². The van der Waals surface area contributed by atoms with Crippen LogP contribution in [0.15, 0.2) is 36.5 Å². The fourth-order valence-corrected chi connectivity index (χ4v) is 2.89. The van der Waals surface area contributed by atoms with Gasteiger partial charge in [0.2, 0.25) is 0 Å². The van der Waals surface area contributed by atoms with Crippen molar-refractivity contribution in [3.63, 3.8) is 0 Å². The van der Waals surface area contributed by atoms with Crippen molar-refractivity contribution >= 4 is 0 Å². The van der Waals surface area contributed by atoms with Gasteiger partial charge in [-0.1, -0.05) is 30.7 Å². The smallest absolute Gasteiger partial charge is 0.0650 e. The Morgan fingerprint density at radius 1 is 1.20 bits per heavy atom. The predicted molar refractivity (Wildman–Crippen MR) is 81.1 cm³/mol. The summed E-state index contributed by atoms with van der Waals surface area (Å²) in [5, 5.41) is 10.6. The van der Waals surface area contributed by atoms with Crippen molar-refractivity contribution in [2.45, 2.75) is 44.3 Å². The second kappa shape index (κ2) is 6.20. The van der Waals surface area contributed by atoms with Crippen LogP contribution in [0.5, 0.6) is 0 Å².